The van der Waals surface area contributed by atoms with E-state index in [1.54, 1.807) is 7.05 Å². The largest absolute Gasteiger partial charge is 0.486 e. The summed E-state index contributed by atoms with van der Waals surface area (Å²) >= 11 is 0. The molecule has 0 fully saturated rings. The van der Waals surface area contributed by atoms with E-state index in [-0.39, 0.29) is 12.5 Å². The van der Waals surface area contributed by atoms with E-state index in [0.29, 0.717) is 36.8 Å². The second-order valence-electron chi connectivity index (χ2n) is 5.92. The monoisotopic (exact) mass is 358 g/mol. The number of carbonyl (C=O) groups is 2. The van der Waals surface area contributed by atoms with Crippen molar-refractivity contribution >= 4 is 11.8 Å². The molecule has 1 aliphatic heterocycles. The van der Waals surface area contributed by atoms with E-state index < -0.39 is 11.7 Å². The summed E-state index contributed by atoms with van der Waals surface area (Å²) in [5, 5.41) is 2.54. The molecular formula is C19H19FN2O4. The van der Waals surface area contributed by atoms with E-state index in [1.165, 1.54) is 29.2 Å². The third-order valence-corrected chi connectivity index (χ3v) is 3.96. The highest BCUT2D eigenvalue weighted by atomic mass is 19.1. The number of halogens is 1. The topological polar surface area (TPSA) is 67.9 Å². The van der Waals surface area contributed by atoms with Crippen LogP contribution in [0.4, 0.5) is 4.39 Å². The van der Waals surface area contributed by atoms with Crippen molar-refractivity contribution < 1.29 is 23.5 Å². The molecule has 0 spiro atoms. The highest BCUT2D eigenvalue weighted by Crippen LogP contribution is 2.30. The predicted molar refractivity (Wildman–Crippen MR) is 92.6 cm³/mol. The van der Waals surface area contributed by atoms with Crippen molar-refractivity contribution in [2.45, 2.75) is 6.54 Å². The summed E-state index contributed by atoms with van der Waals surface area (Å²) in [6.45, 7) is 1.26. The first-order valence-corrected chi connectivity index (χ1v) is 8.19. The first kappa shape index (κ1) is 17.7. The number of fused-ring (bicyclic) bond motifs is 1. The molecule has 2 aromatic carbocycles. The lowest BCUT2D eigenvalue weighted by Crippen LogP contribution is -2.37. The number of nitrogens with one attached hydrogen (secondary N) is 1. The maximum atomic E-state index is 12.9. The molecule has 0 radical (unpaired) electrons. The second-order valence-corrected chi connectivity index (χ2v) is 5.92. The number of ether oxygens (including phenoxy) is 2. The summed E-state index contributed by atoms with van der Waals surface area (Å²) in [5.74, 6) is 0.276. The van der Waals surface area contributed by atoms with Gasteiger partial charge in [0.25, 0.3) is 5.91 Å². The lowest BCUT2D eigenvalue weighted by molar-refractivity contribution is -0.129. The number of likely N-dealkylation sites (N-methyl/N-ethyl adjacent to an activating group) is 1. The van der Waals surface area contributed by atoms with Crippen LogP contribution < -0.4 is 14.8 Å². The molecule has 0 bridgehead atoms. The van der Waals surface area contributed by atoms with Gasteiger partial charge in [-0.3, -0.25) is 9.59 Å². The number of nitrogens with zero attached hydrogens (tertiary/aromatic N) is 1. The third kappa shape index (κ3) is 4.30. The van der Waals surface area contributed by atoms with E-state index in [1.807, 2.05) is 18.2 Å². The average molecular weight is 358 g/mol. The van der Waals surface area contributed by atoms with Crippen molar-refractivity contribution in [3.8, 4) is 11.5 Å². The highest BCUT2D eigenvalue weighted by molar-refractivity contribution is 5.96. The number of rotatable bonds is 5. The highest BCUT2D eigenvalue weighted by Gasteiger charge is 2.15. The van der Waals surface area contributed by atoms with Crippen LogP contribution >= 0.6 is 0 Å². The predicted octanol–water partition coefficient (Wildman–Crippen LogP) is 1.99. The van der Waals surface area contributed by atoms with Gasteiger partial charge in [0.2, 0.25) is 5.91 Å². The van der Waals surface area contributed by atoms with Crippen LogP contribution in [0.3, 0.4) is 0 Å². The Bertz CT molecular complexity index is 808. The maximum Gasteiger partial charge on any atom is 0.251 e. The lowest BCUT2D eigenvalue weighted by atomic mass is 10.2. The van der Waals surface area contributed by atoms with Gasteiger partial charge in [-0.15, -0.1) is 0 Å². The van der Waals surface area contributed by atoms with E-state index in [0.717, 1.165) is 5.56 Å². The molecular weight excluding hydrogens is 339 g/mol. The van der Waals surface area contributed by atoms with Gasteiger partial charge in [0, 0.05) is 19.2 Å². The molecule has 26 heavy (non-hydrogen) atoms. The molecule has 1 heterocycles. The van der Waals surface area contributed by atoms with Crippen molar-refractivity contribution in [1.82, 2.24) is 10.2 Å². The Morgan fingerprint density at radius 2 is 1.77 bits per heavy atom. The van der Waals surface area contributed by atoms with Crippen LogP contribution in [-0.4, -0.2) is 43.5 Å². The van der Waals surface area contributed by atoms with Crippen LogP contribution in [0.5, 0.6) is 11.5 Å². The third-order valence-electron chi connectivity index (χ3n) is 3.96. The Balaban J connectivity index is 1.53. The molecule has 2 aromatic rings. The van der Waals surface area contributed by atoms with Gasteiger partial charge in [0.1, 0.15) is 19.0 Å². The molecule has 3 rings (SSSR count). The Kier molecular flexibility index (Phi) is 5.36. The quantitative estimate of drug-likeness (QED) is 0.888. The van der Waals surface area contributed by atoms with Gasteiger partial charge in [-0.05, 0) is 42.0 Å². The number of hydrogen-bond acceptors (Lipinski definition) is 4. The molecule has 0 aromatic heterocycles. The van der Waals surface area contributed by atoms with E-state index in [2.05, 4.69) is 5.32 Å². The first-order chi connectivity index (χ1) is 12.5. The number of benzene rings is 2. The molecule has 136 valence electrons. The Morgan fingerprint density at radius 1 is 1.08 bits per heavy atom. The Morgan fingerprint density at radius 3 is 2.50 bits per heavy atom. The summed E-state index contributed by atoms with van der Waals surface area (Å²) in [7, 11) is 1.66. The smallest absolute Gasteiger partial charge is 0.251 e. The summed E-state index contributed by atoms with van der Waals surface area (Å²) in [6, 6.07) is 10.7. The van der Waals surface area contributed by atoms with E-state index in [4.69, 9.17) is 9.47 Å². The zero-order valence-electron chi connectivity index (χ0n) is 14.3. The van der Waals surface area contributed by atoms with Gasteiger partial charge < -0.3 is 19.7 Å². The van der Waals surface area contributed by atoms with Crippen molar-refractivity contribution in [1.29, 1.82) is 0 Å². The van der Waals surface area contributed by atoms with Crippen LogP contribution in [0.2, 0.25) is 0 Å². The van der Waals surface area contributed by atoms with Gasteiger partial charge >= 0.3 is 0 Å². The van der Waals surface area contributed by atoms with Crippen molar-refractivity contribution in [3.63, 3.8) is 0 Å². The van der Waals surface area contributed by atoms with Crippen molar-refractivity contribution in [3.05, 3.63) is 59.4 Å². The van der Waals surface area contributed by atoms with Gasteiger partial charge in [-0.25, -0.2) is 4.39 Å². The summed E-state index contributed by atoms with van der Waals surface area (Å²) < 4.78 is 23.9. The molecule has 0 saturated carbocycles. The number of hydrogen-bond donors (Lipinski definition) is 1. The molecule has 6 nitrogen and oxygen atoms in total. The van der Waals surface area contributed by atoms with Gasteiger partial charge in [0.15, 0.2) is 11.5 Å². The molecule has 0 aliphatic carbocycles. The number of amides is 2. The molecule has 1 N–H and O–H groups in total. The van der Waals surface area contributed by atoms with E-state index >= 15 is 0 Å². The maximum absolute atomic E-state index is 12.9. The zero-order chi connectivity index (χ0) is 18.5. The molecule has 2 amide bonds. The standard InChI is InChI=1S/C19H19FN2O4/c1-22(12-13-2-7-16-17(10-13)26-9-8-25-16)18(23)11-21-19(24)14-3-5-15(20)6-4-14/h2-7,10H,8-9,11-12H2,1H3,(H,21,24). The molecule has 7 heteroatoms. The van der Waals surface area contributed by atoms with Crippen LogP contribution in [0.1, 0.15) is 15.9 Å². The fraction of sp³-hybridized carbons (Fsp3) is 0.263. The van der Waals surface area contributed by atoms with Gasteiger partial charge in [-0.1, -0.05) is 6.07 Å². The number of carbonyl (C=O) groups excluding carboxylic acids is 2. The van der Waals surface area contributed by atoms with Gasteiger partial charge in [-0.2, -0.15) is 0 Å². The Labute approximate surface area is 150 Å². The van der Waals surface area contributed by atoms with E-state index in [9.17, 15) is 14.0 Å². The minimum absolute atomic E-state index is 0.142. The normalized spacial score (nSPS) is 12.4. The first-order valence-electron chi connectivity index (χ1n) is 8.19. The molecule has 0 atom stereocenters. The minimum Gasteiger partial charge on any atom is -0.486 e. The van der Waals surface area contributed by atoms with Crippen molar-refractivity contribution in [2.75, 3.05) is 26.8 Å². The van der Waals surface area contributed by atoms with Crippen molar-refractivity contribution in [2.24, 2.45) is 0 Å². The summed E-state index contributed by atoms with van der Waals surface area (Å²) in [5.41, 5.74) is 1.20. The second kappa shape index (κ2) is 7.86. The molecule has 0 unspecified atom stereocenters. The minimum atomic E-state index is -0.425. The average Bonchev–Trinajstić information content (AvgIpc) is 2.66. The van der Waals surface area contributed by atoms with Gasteiger partial charge in [0.05, 0.1) is 6.54 Å². The molecule has 0 saturated heterocycles. The zero-order valence-corrected chi connectivity index (χ0v) is 14.3. The molecule has 1 aliphatic rings. The summed E-state index contributed by atoms with van der Waals surface area (Å²) in [6.07, 6.45) is 0. The van der Waals surface area contributed by atoms with Crippen LogP contribution in [0.25, 0.3) is 0 Å². The fourth-order valence-corrected chi connectivity index (χ4v) is 2.54. The van der Waals surface area contributed by atoms with Crippen LogP contribution in [0.15, 0.2) is 42.5 Å². The fourth-order valence-electron chi connectivity index (χ4n) is 2.54. The lowest BCUT2D eigenvalue weighted by Gasteiger charge is -2.21. The SMILES string of the molecule is CN(Cc1ccc2c(c1)OCCO2)C(=O)CNC(=O)c1ccc(F)cc1. The summed E-state index contributed by atoms with van der Waals surface area (Å²) in [4.78, 5) is 25.7. The van der Waals surface area contributed by atoms with Crippen LogP contribution in [-0.2, 0) is 11.3 Å². The van der Waals surface area contributed by atoms with Crippen LogP contribution in [0, 0.1) is 5.82 Å². The Hall–Kier alpha value is -3.09.